The number of aromatic hydroxyl groups is 1. The highest BCUT2D eigenvalue weighted by atomic mass is 32.2. The SMILES string of the molecule is CC(CS(C)=O)NC(=O)c1cc2ccccc2cc1O. The van der Waals surface area contributed by atoms with Gasteiger partial charge in [0.2, 0.25) is 0 Å². The number of amides is 1. The Morgan fingerprint density at radius 3 is 2.50 bits per heavy atom. The van der Waals surface area contributed by atoms with Crippen LogP contribution < -0.4 is 5.32 Å². The second-order valence-corrected chi connectivity index (χ2v) is 6.31. The molecule has 0 heterocycles. The molecule has 0 aromatic heterocycles. The van der Waals surface area contributed by atoms with Crippen molar-refractivity contribution < 1.29 is 14.1 Å². The summed E-state index contributed by atoms with van der Waals surface area (Å²) in [6, 6.07) is 10.5. The average molecular weight is 291 g/mol. The molecule has 0 aliphatic rings. The van der Waals surface area contributed by atoms with Crippen molar-refractivity contribution in [3.63, 3.8) is 0 Å². The van der Waals surface area contributed by atoms with Crippen molar-refractivity contribution in [1.82, 2.24) is 5.32 Å². The maximum Gasteiger partial charge on any atom is 0.255 e. The van der Waals surface area contributed by atoms with Crippen molar-refractivity contribution in [2.75, 3.05) is 12.0 Å². The highest BCUT2D eigenvalue weighted by molar-refractivity contribution is 7.84. The van der Waals surface area contributed by atoms with Gasteiger partial charge in [0.1, 0.15) is 5.75 Å². The van der Waals surface area contributed by atoms with Crippen molar-refractivity contribution in [3.8, 4) is 5.75 Å². The minimum atomic E-state index is -0.973. The molecule has 2 unspecified atom stereocenters. The van der Waals surface area contributed by atoms with E-state index in [0.29, 0.717) is 5.75 Å². The Bertz CT molecular complexity index is 669. The molecule has 2 atom stereocenters. The molecule has 1 amide bonds. The van der Waals surface area contributed by atoms with E-state index in [2.05, 4.69) is 5.32 Å². The number of hydrogen-bond acceptors (Lipinski definition) is 3. The summed E-state index contributed by atoms with van der Waals surface area (Å²) < 4.78 is 11.1. The molecular formula is C15H17NO3S. The first-order valence-electron chi connectivity index (χ1n) is 6.30. The second-order valence-electron chi connectivity index (χ2n) is 4.83. The third-order valence-electron chi connectivity index (χ3n) is 2.97. The van der Waals surface area contributed by atoms with Crippen LogP contribution in [0.4, 0.5) is 0 Å². The van der Waals surface area contributed by atoms with E-state index in [4.69, 9.17) is 0 Å². The van der Waals surface area contributed by atoms with Crippen LogP contribution in [0.15, 0.2) is 36.4 Å². The van der Waals surface area contributed by atoms with Crippen molar-refractivity contribution in [1.29, 1.82) is 0 Å². The minimum Gasteiger partial charge on any atom is -0.507 e. The Hall–Kier alpha value is -1.88. The van der Waals surface area contributed by atoms with Gasteiger partial charge < -0.3 is 10.4 Å². The van der Waals surface area contributed by atoms with Crippen LogP contribution >= 0.6 is 0 Å². The summed E-state index contributed by atoms with van der Waals surface area (Å²) in [4.78, 5) is 12.1. The van der Waals surface area contributed by atoms with Gasteiger partial charge in [0, 0.05) is 28.9 Å². The molecule has 5 heteroatoms. The van der Waals surface area contributed by atoms with Crippen LogP contribution in [0.5, 0.6) is 5.75 Å². The van der Waals surface area contributed by atoms with Gasteiger partial charge in [-0.05, 0) is 29.8 Å². The molecule has 0 radical (unpaired) electrons. The number of fused-ring (bicyclic) bond motifs is 1. The molecule has 0 saturated heterocycles. The quantitative estimate of drug-likeness (QED) is 0.906. The van der Waals surface area contributed by atoms with E-state index in [1.54, 1.807) is 25.3 Å². The van der Waals surface area contributed by atoms with Crippen molar-refractivity contribution >= 4 is 27.5 Å². The van der Waals surface area contributed by atoms with E-state index in [0.717, 1.165) is 10.8 Å². The van der Waals surface area contributed by atoms with Crippen LogP contribution in [0.25, 0.3) is 10.8 Å². The van der Waals surface area contributed by atoms with Crippen LogP contribution in [-0.4, -0.2) is 33.3 Å². The molecule has 0 bridgehead atoms. The Morgan fingerprint density at radius 2 is 1.90 bits per heavy atom. The summed E-state index contributed by atoms with van der Waals surface area (Å²) in [6.07, 6.45) is 1.59. The zero-order chi connectivity index (χ0) is 14.7. The minimum absolute atomic E-state index is 0.0500. The summed E-state index contributed by atoms with van der Waals surface area (Å²) in [6.45, 7) is 1.79. The van der Waals surface area contributed by atoms with Crippen molar-refractivity contribution in [2.45, 2.75) is 13.0 Å². The van der Waals surface area contributed by atoms with Gasteiger partial charge in [-0.1, -0.05) is 24.3 Å². The van der Waals surface area contributed by atoms with Gasteiger partial charge in [0.05, 0.1) is 5.56 Å². The van der Waals surface area contributed by atoms with Crippen LogP contribution in [0.2, 0.25) is 0 Å². The normalized spacial score (nSPS) is 13.9. The molecule has 20 heavy (non-hydrogen) atoms. The number of carbonyl (C=O) groups excluding carboxylic acids is 1. The number of phenols is 1. The monoisotopic (exact) mass is 291 g/mol. The van der Waals surface area contributed by atoms with E-state index in [9.17, 15) is 14.1 Å². The van der Waals surface area contributed by atoms with Gasteiger partial charge in [-0.25, -0.2) is 0 Å². The molecule has 0 aliphatic carbocycles. The van der Waals surface area contributed by atoms with Gasteiger partial charge in [0.15, 0.2) is 0 Å². The van der Waals surface area contributed by atoms with Crippen LogP contribution in [0, 0.1) is 0 Å². The number of carbonyl (C=O) groups is 1. The third kappa shape index (κ3) is 3.36. The van der Waals surface area contributed by atoms with E-state index >= 15 is 0 Å². The molecule has 4 nitrogen and oxygen atoms in total. The number of nitrogens with one attached hydrogen (secondary N) is 1. The molecule has 2 N–H and O–H groups in total. The summed E-state index contributed by atoms with van der Waals surface area (Å²) in [7, 11) is -0.973. The van der Waals surface area contributed by atoms with E-state index < -0.39 is 10.8 Å². The number of hydrogen-bond donors (Lipinski definition) is 2. The second kappa shape index (κ2) is 6.05. The highest BCUT2D eigenvalue weighted by Crippen LogP contribution is 2.24. The largest absolute Gasteiger partial charge is 0.507 e. The fraction of sp³-hybridized carbons (Fsp3) is 0.267. The molecule has 0 saturated carbocycles. The first-order valence-corrected chi connectivity index (χ1v) is 8.02. The first kappa shape index (κ1) is 14.5. The van der Waals surface area contributed by atoms with E-state index in [1.807, 2.05) is 24.3 Å². The molecule has 0 spiro atoms. The average Bonchev–Trinajstić information content (AvgIpc) is 2.36. The van der Waals surface area contributed by atoms with Gasteiger partial charge >= 0.3 is 0 Å². The Balaban J connectivity index is 2.25. The Kier molecular flexibility index (Phi) is 4.39. The Labute approximate surface area is 120 Å². The molecule has 106 valence electrons. The zero-order valence-corrected chi connectivity index (χ0v) is 12.2. The lowest BCUT2D eigenvalue weighted by Gasteiger charge is -2.13. The summed E-state index contributed by atoms with van der Waals surface area (Å²) in [5, 5.41) is 14.5. The van der Waals surface area contributed by atoms with Crippen molar-refractivity contribution in [3.05, 3.63) is 42.0 Å². The van der Waals surface area contributed by atoms with Crippen LogP contribution in [0.1, 0.15) is 17.3 Å². The summed E-state index contributed by atoms with van der Waals surface area (Å²) in [5.74, 6) is -0.0164. The van der Waals surface area contributed by atoms with E-state index in [1.165, 1.54) is 0 Å². The van der Waals surface area contributed by atoms with Gasteiger partial charge in [-0.3, -0.25) is 9.00 Å². The number of benzene rings is 2. The predicted octanol–water partition coefficient (Wildman–Crippen LogP) is 2.04. The zero-order valence-electron chi connectivity index (χ0n) is 11.4. The highest BCUT2D eigenvalue weighted by Gasteiger charge is 2.15. The molecule has 2 rings (SSSR count). The first-order chi connectivity index (χ1) is 9.47. The molecule has 0 aliphatic heterocycles. The van der Waals surface area contributed by atoms with Crippen molar-refractivity contribution in [2.24, 2.45) is 0 Å². The lowest BCUT2D eigenvalue weighted by molar-refractivity contribution is 0.0941. The maximum absolute atomic E-state index is 12.1. The maximum atomic E-state index is 12.1. The van der Waals surface area contributed by atoms with Crippen LogP contribution in [0.3, 0.4) is 0 Å². The van der Waals surface area contributed by atoms with Gasteiger partial charge in [-0.2, -0.15) is 0 Å². The third-order valence-corrected chi connectivity index (χ3v) is 3.94. The molecule has 2 aromatic rings. The Morgan fingerprint density at radius 1 is 1.30 bits per heavy atom. The van der Waals surface area contributed by atoms with Gasteiger partial charge in [0.25, 0.3) is 5.91 Å². The predicted molar refractivity (Wildman–Crippen MR) is 81.5 cm³/mol. The standard InChI is InChI=1S/C15H17NO3S/c1-10(9-20(2)19)16-15(18)13-7-11-5-3-4-6-12(11)8-14(13)17/h3-8,10,17H,9H2,1-2H3,(H,16,18). The lowest BCUT2D eigenvalue weighted by atomic mass is 10.1. The smallest absolute Gasteiger partial charge is 0.255 e. The van der Waals surface area contributed by atoms with E-state index in [-0.39, 0.29) is 23.3 Å². The topological polar surface area (TPSA) is 66.4 Å². The number of phenolic OH excluding ortho intramolecular Hbond substituents is 1. The molecular weight excluding hydrogens is 274 g/mol. The summed E-state index contributed by atoms with van der Waals surface area (Å²) in [5.41, 5.74) is 0.234. The fourth-order valence-electron chi connectivity index (χ4n) is 2.11. The lowest BCUT2D eigenvalue weighted by Crippen LogP contribution is -2.36. The number of rotatable bonds is 4. The van der Waals surface area contributed by atoms with Gasteiger partial charge in [-0.15, -0.1) is 0 Å². The molecule has 2 aromatic carbocycles. The molecule has 0 fully saturated rings. The fourth-order valence-corrected chi connectivity index (χ4v) is 2.89. The van der Waals surface area contributed by atoms with Crippen LogP contribution in [-0.2, 0) is 10.8 Å². The summed E-state index contributed by atoms with van der Waals surface area (Å²) >= 11 is 0.